The molecule has 1 heterocycles. The smallest absolute Gasteiger partial charge is 0.107 e. The second kappa shape index (κ2) is 7.26. The Balaban J connectivity index is 2.18. The van der Waals surface area contributed by atoms with E-state index < -0.39 is 0 Å². The normalized spacial score (nSPS) is 17.1. The number of nitrogens with zero attached hydrogens (tertiary/aromatic N) is 2. The second-order valence-electron chi connectivity index (χ2n) is 4.88. The van der Waals surface area contributed by atoms with Gasteiger partial charge in [-0.3, -0.25) is 0 Å². The standard InChI is InChI=1S/C14H22N4S2/c1-3-20-12-6-4-5-11(13(12)14(15)19)16-18-9-7-17(2)8-10-18/h4-6,16H,3,7-10H2,1-2H3,(H2,15,19). The molecule has 20 heavy (non-hydrogen) atoms. The zero-order valence-corrected chi connectivity index (χ0v) is 13.7. The highest BCUT2D eigenvalue weighted by Gasteiger charge is 2.17. The molecule has 2 rings (SSSR count). The maximum absolute atomic E-state index is 5.92. The predicted molar refractivity (Wildman–Crippen MR) is 91.4 cm³/mol. The van der Waals surface area contributed by atoms with Crippen LogP contribution in [0.1, 0.15) is 12.5 Å². The number of piperazine rings is 1. The number of hydrazine groups is 1. The Bertz CT molecular complexity index is 470. The molecule has 110 valence electrons. The van der Waals surface area contributed by atoms with Crippen LogP contribution < -0.4 is 11.2 Å². The van der Waals surface area contributed by atoms with Crippen LogP contribution in [0, 0.1) is 0 Å². The number of nitrogens with one attached hydrogen (secondary N) is 1. The van der Waals surface area contributed by atoms with Gasteiger partial charge in [-0.15, -0.1) is 11.8 Å². The number of thiocarbonyl (C=S) groups is 1. The van der Waals surface area contributed by atoms with E-state index in [-0.39, 0.29) is 0 Å². The molecule has 0 spiro atoms. The number of hydrogen-bond acceptors (Lipinski definition) is 5. The molecular formula is C14H22N4S2. The summed E-state index contributed by atoms with van der Waals surface area (Å²) < 4.78 is 0. The van der Waals surface area contributed by atoms with E-state index in [1.165, 1.54) is 0 Å². The molecule has 0 aliphatic carbocycles. The molecule has 1 fully saturated rings. The first kappa shape index (κ1) is 15.6. The SMILES string of the molecule is CCSc1cccc(NN2CCN(C)CC2)c1C(N)=S. The van der Waals surface area contributed by atoms with Crippen molar-refractivity contribution < 1.29 is 0 Å². The summed E-state index contributed by atoms with van der Waals surface area (Å²) >= 11 is 7.01. The Morgan fingerprint density at radius 2 is 2.05 bits per heavy atom. The van der Waals surface area contributed by atoms with Crippen molar-refractivity contribution in [2.45, 2.75) is 11.8 Å². The van der Waals surface area contributed by atoms with Crippen LogP contribution in [-0.4, -0.2) is 53.9 Å². The van der Waals surface area contributed by atoms with E-state index >= 15 is 0 Å². The minimum Gasteiger partial charge on any atom is -0.389 e. The third-order valence-electron chi connectivity index (χ3n) is 3.35. The lowest BCUT2D eigenvalue weighted by Crippen LogP contribution is -2.47. The van der Waals surface area contributed by atoms with Gasteiger partial charge in [0, 0.05) is 36.6 Å². The van der Waals surface area contributed by atoms with Crippen LogP contribution in [0.4, 0.5) is 5.69 Å². The molecule has 1 saturated heterocycles. The fourth-order valence-corrected chi connectivity index (χ4v) is 3.38. The summed E-state index contributed by atoms with van der Waals surface area (Å²) in [4.78, 5) is 3.94. The molecule has 0 atom stereocenters. The first-order chi connectivity index (χ1) is 9.61. The molecule has 3 N–H and O–H groups in total. The van der Waals surface area contributed by atoms with Crippen molar-refractivity contribution in [2.24, 2.45) is 5.73 Å². The largest absolute Gasteiger partial charge is 0.389 e. The number of benzene rings is 1. The van der Waals surface area contributed by atoms with Gasteiger partial charge in [0.25, 0.3) is 0 Å². The zero-order valence-electron chi connectivity index (χ0n) is 12.1. The van der Waals surface area contributed by atoms with Crippen LogP contribution in [0.15, 0.2) is 23.1 Å². The van der Waals surface area contributed by atoms with Crippen LogP contribution in [0.2, 0.25) is 0 Å². The summed E-state index contributed by atoms with van der Waals surface area (Å²) in [6.07, 6.45) is 0. The average Bonchev–Trinajstić information content (AvgIpc) is 2.41. The maximum Gasteiger partial charge on any atom is 0.107 e. The summed E-state index contributed by atoms with van der Waals surface area (Å²) in [6, 6.07) is 6.18. The Kier molecular flexibility index (Phi) is 5.65. The van der Waals surface area contributed by atoms with E-state index in [2.05, 4.69) is 41.4 Å². The summed E-state index contributed by atoms with van der Waals surface area (Å²) in [7, 11) is 2.15. The monoisotopic (exact) mass is 310 g/mol. The Labute approximate surface area is 130 Å². The van der Waals surface area contributed by atoms with Crippen LogP contribution in [0.5, 0.6) is 0 Å². The van der Waals surface area contributed by atoms with E-state index in [4.69, 9.17) is 18.0 Å². The minimum atomic E-state index is 0.457. The first-order valence-corrected chi connectivity index (χ1v) is 8.27. The fraction of sp³-hybridized carbons (Fsp3) is 0.500. The van der Waals surface area contributed by atoms with Gasteiger partial charge in [0.1, 0.15) is 4.99 Å². The number of anilines is 1. The van der Waals surface area contributed by atoms with Crippen LogP contribution in [0.25, 0.3) is 0 Å². The van der Waals surface area contributed by atoms with Gasteiger partial charge in [-0.05, 0) is 24.9 Å². The molecule has 1 aliphatic heterocycles. The van der Waals surface area contributed by atoms with Gasteiger partial charge in [0.05, 0.1) is 5.69 Å². The quantitative estimate of drug-likeness (QED) is 0.641. The minimum absolute atomic E-state index is 0.457. The van der Waals surface area contributed by atoms with Crippen molar-refractivity contribution in [3.05, 3.63) is 23.8 Å². The number of nitrogens with two attached hydrogens (primary N) is 1. The Morgan fingerprint density at radius 1 is 1.35 bits per heavy atom. The number of rotatable bonds is 5. The molecular weight excluding hydrogens is 288 g/mol. The summed E-state index contributed by atoms with van der Waals surface area (Å²) in [6.45, 7) is 6.27. The van der Waals surface area contributed by atoms with Gasteiger partial charge < -0.3 is 16.1 Å². The first-order valence-electron chi connectivity index (χ1n) is 6.87. The molecule has 6 heteroatoms. The molecule has 0 unspecified atom stereocenters. The summed E-state index contributed by atoms with van der Waals surface area (Å²) in [5.41, 5.74) is 11.4. The van der Waals surface area contributed by atoms with E-state index in [0.29, 0.717) is 4.99 Å². The molecule has 1 aliphatic rings. The van der Waals surface area contributed by atoms with Gasteiger partial charge in [-0.2, -0.15) is 0 Å². The number of hydrogen-bond donors (Lipinski definition) is 2. The van der Waals surface area contributed by atoms with Gasteiger partial charge in [0.2, 0.25) is 0 Å². The van der Waals surface area contributed by atoms with Crippen molar-refractivity contribution in [2.75, 3.05) is 44.4 Å². The molecule has 1 aromatic rings. The maximum atomic E-state index is 5.92. The van der Waals surface area contributed by atoms with Gasteiger partial charge in [0.15, 0.2) is 0 Å². The van der Waals surface area contributed by atoms with E-state index in [0.717, 1.165) is 48.1 Å². The van der Waals surface area contributed by atoms with Crippen molar-refractivity contribution in [3.8, 4) is 0 Å². The highest BCUT2D eigenvalue weighted by molar-refractivity contribution is 7.99. The molecule has 0 amide bonds. The highest BCUT2D eigenvalue weighted by atomic mass is 32.2. The molecule has 4 nitrogen and oxygen atoms in total. The van der Waals surface area contributed by atoms with E-state index in [9.17, 15) is 0 Å². The molecule has 0 radical (unpaired) electrons. The topological polar surface area (TPSA) is 44.5 Å². The van der Waals surface area contributed by atoms with Gasteiger partial charge in [-0.25, -0.2) is 5.01 Å². The Morgan fingerprint density at radius 3 is 2.65 bits per heavy atom. The van der Waals surface area contributed by atoms with E-state index in [1.54, 1.807) is 11.8 Å². The van der Waals surface area contributed by atoms with Crippen LogP contribution >= 0.6 is 24.0 Å². The third-order valence-corrected chi connectivity index (χ3v) is 4.50. The average molecular weight is 310 g/mol. The van der Waals surface area contributed by atoms with E-state index in [1.807, 2.05) is 6.07 Å². The van der Waals surface area contributed by atoms with Crippen LogP contribution in [-0.2, 0) is 0 Å². The molecule has 1 aromatic carbocycles. The lowest BCUT2D eigenvalue weighted by atomic mass is 10.2. The molecule has 0 aromatic heterocycles. The Hall–Kier alpha value is -0.820. The molecule has 0 bridgehead atoms. The lowest BCUT2D eigenvalue weighted by molar-refractivity contribution is 0.179. The zero-order chi connectivity index (χ0) is 14.5. The fourth-order valence-electron chi connectivity index (χ4n) is 2.24. The van der Waals surface area contributed by atoms with Crippen molar-refractivity contribution in [1.82, 2.24) is 9.91 Å². The van der Waals surface area contributed by atoms with Gasteiger partial charge in [-0.1, -0.05) is 25.2 Å². The third kappa shape index (κ3) is 3.85. The number of thioether (sulfide) groups is 1. The number of likely N-dealkylation sites (N-methyl/N-ethyl adjacent to an activating group) is 1. The summed E-state index contributed by atoms with van der Waals surface area (Å²) in [5, 5.41) is 2.23. The van der Waals surface area contributed by atoms with Crippen molar-refractivity contribution >= 4 is 34.7 Å². The highest BCUT2D eigenvalue weighted by Crippen LogP contribution is 2.29. The van der Waals surface area contributed by atoms with Crippen molar-refractivity contribution in [3.63, 3.8) is 0 Å². The van der Waals surface area contributed by atoms with Gasteiger partial charge >= 0.3 is 0 Å². The van der Waals surface area contributed by atoms with Crippen LogP contribution in [0.3, 0.4) is 0 Å². The molecule has 0 saturated carbocycles. The predicted octanol–water partition coefficient (Wildman–Crippen LogP) is 2.01. The van der Waals surface area contributed by atoms with Crippen molar-refractivity contribution in [1.29, 1.82) is 0 Å². The summed E-state index contributed by atoms with van der Waals surface area (Å²) in [5.74, 6) is 1.01. The second-order valence-corrected chi connectivity index (χ2v) is 6.62. The lowest BCUT2D eigenvalue weighted by Gasteiger charge is -2.33.